The number of rotatable bonds is 5. The number of carbonyl (C=O) groups is 1. The minimum absolute atomic E-state index is 0.134. The summed E-state index contributed by atoms with van der Waals surface area (Å²) in [5.41, 5.74) is 0. The minimum atomic E-state index is -2.51. The summed E-state index contributed by atoms with van der Waals surface area (Å²) in [4.78, 5) is 13.2. The van der Waals surface area contributed by atoms with Gasteiger partial charge in [0.25, 0.3) is 6.43 Å². The molecule has 122 valence electrons. The van der Waals surface area contributed by atoms with Crippen LogP contribution in [0.1, 0.15) is 32.1 Å². The number of ether oxygens (including phenoxy) is 2. The Morgan fingerprint density at radius 2 is 2.05 bits per heavy atom. The maximum absolute atomic E-state index is 12.0. The highest BCUT2D eigenvalue weighted by Crippen LogP contribution is 2.17. The lowest BCUT2D eigenvalue weighted by Crippen LogP contribution is -2.47. The van der Waals surface area contributed by atoms with E-state index in [9.17, 15) is 13.6 Å². The average Bonchev–Trinajstić information content (AvgIpc) is 2.52. The SMILES string of the molecule is O=C(NCC(F)F)N1CCC(OCC2CCCCO2)CC1. The van der Waals surface area contributed by atoms with Gasteiger partial charge in [0.2, 0.25) is 0 Å². The number of nitrogens with one attached hydrogen (secondary N) is 1. The second kappa shape index (κ2) is 8.48. The van der Waals surface area contributed by atoms with E-state index in [2.05, 4.69) is 5.32 Å². The molecule has 2 heterocycles. The van der Waals surface area contributed by atoms with E-state index in [0.717, 1.165) is 32.3 Å². The van der Waals surface area contributed by atoms with E-state index in [1.807, 2.05) is 0 Å². The van der Waals surface area contributed by atoms with Crippen molar-refractivity contribution in [1.29, 1.82) is 0 Å². The van der Waals surface area contributed by atoms with Gasteiger partial charge in [0.1, 0.15) is 0 Å². The van der Waals surface area contributed by atoms with Crippen LogP contribution in [0, 0.1) is 0 Å². The summed E-state index contributed by atoms with van der Waals surface area (Å²) < 4.78 is 35.5. The van der Waals surface area contributed by atoms with Crippen molar-refractivity contribution in [2.75, 3.05) is 32.8 Å². The number of carbonyl (C=O) groups excluding carboxylic acids is 1. The third kappa shape index (κ3) is 5.74. The van der Waals surface area contributed by atoms with Crippen LogP contribution in [0.25, 0.3) is 0 Å². The maximum Gasteiger partial charge on any atom is 0.317 e. The molecule has 0 aromatic heterocycles. The Balaban J connectivity index is 1.60. The van der Waals surface area contributed by atoms with Crippen molar-refractivity contribution in [3.8, 4) is 0 Å². The Morgan fingerprint density at radius 3 is 2.67 bits per heavy atom. The van der Waals surface area contributed by atoms with Gasteiger partial charge in [-0.15, -0.1) is 0 Å². The molecule has 21 heavy (non-hydrogen) atoms. The fraction of sp³-hybridized carbons (Fsp3) is 0.929. The van der Waals surface area contributed by atoms with Gasteiger partial charge in [-0.2, -0.15) is 0 Å². The van der Waals surface area contributed by atoms with Gasteiger partial charge in [-0.1, -0.05) is 0 Å². The molecule has 1 atom stereocenters. The van der Waals surface area contributed by atoms with E-state index in [0.29, 0.717) is 19.7 Å². The fourth-order valence-corrected chi connectivity index (χ4v) is 2.68. The summed E-state index contributed by atoms with van der Waals surface area (Å²) >= 11 is 0. The summed E-state index contributed by atoms with van der Waals surface area (Å²) in [7, 11) is 0. The summed E-state index contributed by atoms with van der Waals surface area (Å²) in [6, 6.07) is -0.413. The lowest BCUT2D eigenvalue weighted by atomic mass is 10.1. The number of hydrogen-bond acceptors (Lipinski definition) is 3. The molecule has 0 spiro atoms. The second-order valence-electron chi connectivity index (χ2n) is 5.59. The Labute approximate surface area is 124 Å². The van der Waals surface area contributed by atoms with Crippen molar-refractivity contribution in [3.63, 3.8) is 0 Å². The zero-order valence-electron chi connectivity index (χ0n) is 12.2. The molecule has 7 heteroatoms. The fourth-order valence-electron chi connectivity index (χ4n) is 2.68. The Morgan fingerprint density at radius 1 is 1.29 bits per heavy atom. The number of alkyl halides is 2. The van der Waals surface area contributed by atoms with Crippen LogP contribution >= 0.6 is 0 Å². The van der Waals surface area contributed by atoms with Crippen LogP contribution in [0.15, 0.2) is 0 Å². The molecule has 0 radical (unpaired) electrons. The molecule has 2 aliphatic rings. The second-order valence-corrected chi connectivity index (χ2v) is 5.59. The first-order valence-corrected chi connectivity index (χ1v) is 7.69. The first kappa shape index (κ1) is 16.4. The van der Waals surface area contributed by atoms with Gasteiger partial charge in [-0.3, -0.25) is 0 Å². The Kier molecular flexibility index (Phi) is 6.63. The van der Waals surface area contributed by atoms with Gasteiger partial charge < -0.3 is 19.7 Å². The van der Waals surface area contributed by atoms with Gasteiger partial charge in [0, 0.05) is 19.7 Å². The zero-order valence-corrected chi connectivity index (χ0v) is 12.2. The van der Waals surface area contributed by atoms with E-state index < -0.39 is 19.0 Å². The molecular weight excluding hydrogens is 282 g/mol. The predicted octanol–water partition coefficient (Wildman–Crippen LogP) is 2.01. The van der Waals surface area contributed by atoms with Gasteiger partial charge >= 0.3 is 6.03 Å². The highest BCUT2D eigenvalue weighted by Gasteiger charge is 2.24. The molecule has 1 unspecified atom stereocenters. The number of halogens is 2. The molecular formula is C14H24F2N2O3. The van der Waals surface area contributed by atoms with Gasteiger partial charge in [-0.05, 0) is 32.1 Å². The molecule has 2 aliphatic heterocycles. The summed E-state index contributed by atoms with van der Waals surface area (Å²) in [5.74, 6) is 0. The van der Waals surface area contributed by atoms with Crippen LogP contribution in [-0.2, 0) is 9.47 Å². The van der Waals surface area contributed by atoms with Crippen molar-refractivity contribution in [2.24, 2.45) is 0 Å². The first-order valence-electron chi connectivity index (χ1n) is 7.69. The van der Waals surface area contributed by atoms with Crippen LogP contribution in [0.2, 0.25) is 0 Å². The number of amides is 2. The lowest BCUT2D eigenvalue weighted by molar-refractivity contribution is -0.0728. The molecule has 1 N–H and O–H groups in total. The van der Waals surface area contributed by atoms with Gasteiger partial charge in [0.15, 0.2) is 0 Å². The van der Waals surface area contributed by atoms with Gasteiger partial charge in [0.05, 0.1) is 25.4 Å². The predicted molar refractivity (Wildman–Crippen MR) is 73.5 cm³/mol. The van der Waals surface area contributed by atoms with E-state index in [-0.39, 0.29) is 12.2 Å². The number of hydrogen-bond donors (Lipinski definition) is 1. The number of piperidine rings is 1. The number of nitrogens with zero attached hydrogens (tertiary/aromatic N) is 1. The lowest BCUT2D eigenvalue weighted by Gasteiger charge is -2.33. The zero-order chi connectivity index (χ0) is 15.1. The molecule has 2 amide bonds. The maximum atomic E-state index is 12.0. The van der Waals surface area contributed by atoms with Crippen molar-refractivity contribution in [3.05, 3.63) is 0 Å². The quantitative estimate of drug-likeness (QED) is 0.845. The van der Waals surface area contributed by atoms with Crippen molar-refractivity contribution >= 4 is 6.03 Å². The molecule has 5 nitrogen and oxygen atoms in total. The largest absolute Gasteiger partial charge is 0.376 e. The minimum Gasteiger partial charge on any atom is -0.376 e. The normalized spacial score (nSPS) is 24.3. The van der Waals surface area contributed by atoms with Crippen LogP contribution in [0.4, 0.5) is 13.6 Å². The Hall–Kier alpha value is -0.950. The molecule has 2 fully saturated rings. The molecule has 0 bridgehead atoms. The highest BCUT2D eigenvalue weighted by molar-refractivity contribution is 5.74. The summed E-state index contributed by atoms with van der Waals surface area (Å²) in [5, 5.41) is 2.23. The third-order valence-corrected chi connectivity index (χ3v) is 3.93. The van der Waals surface area contributed by atoms with Crippen LogP contribution in [0.5, 0.6) is 0 Å². The average molecular weight is 306 g/mol. The van der Waals surface area contributed by atoms with Crippen molar-refractivity contribution in [1.82, 2.24) is 10.2 Å². The highest BCUT2D eigenvalue weighted by atomic mass is 19.3. The van der Waals surface area contributed by atoms with E-state index in [4.69, 9.17) is 9.47 Å². The van der Waals surface area contributed by atoms with Crippen LogP contribution < -0.4 is 5.32 Å². The third-order valence-electron chi connectivity index (χ3n) is 3.93. The smallest absolute Gasteiger partial charge is 0.317 e. The molecule has 0 aromatic rings. The molecule has 0 saturated carbocycles. The monoisotopic (exact) mass is 306 g/mol. The van der Waals surface area contributed by atoms with E-state index >= 15 is 0 Å². The molecule has 2 rings (SSSR count). The summed E-state index contributed by atoms with van der Waals surface area (Å²) in [6.07, 6.45) is 2.68. The summed E-state index contributed by atoms with van der Waals surface area (Å²) in [6.45, 7) is 1.93. The molecule has 2 saturated heterocycles. The van der Waals surface area contributed by atoms with Crippen LogP contribution in [-0.4, -0.2) is 62.4 Å². The van der Waals surface area contributed by atoms with Crippen molar-refractivity contribution < 1.29 is 23.0 Å². The topological polar surface area (TPSA) is 50.8 Å². The standard InChI is InChI=1S/C14H24F2N2O3/c15-13(16)9-17-14(19)18-6-4-11(5-7-18)21-10-12-3-1-2-8-20-12/h11-13H,1-10H2,(H,17,19). The van der Waals surface area contributed by atoms with Crippen molar-refractivity contribution in [2.45, 2.75) is 50.7 Å². The number of likely N-dealkylation sites (tertiary alicyclic amines) is 1. The van der Waals surface area contributed by atoms with Crippen LogP contribution in [0.3, 0.4) is 0 Å². The Bertz CT molecular complexity index is 317. The van der Waals surface area contributed by atoms with E-state index in [1.165, 1.54) is 6.42 Å². The molecule has 0 aliphatic carbocycles. The number of urea groups is 1. The van der Waals surface area contributed by atoms with E-state index in [1.54, 1.807) is 4.90 Å². The van der Waals surface area contributed by atoms with Gasteiger partial charge in [-0.25, -0.2) is 13.6 Å². The molecule has 0 aromatic carbocycles. The first-order chi connectivity index (χ1) is 10.1.